The van der Waals surface area contributed by atoms with Gasteiger partial charge < -0.3 is 14.8 Å². The fourth-order valence-electron chi connectivity index (χ4n) is 2.05. The number of aromatic amines is 1. The largest absolute Gasteiger partial charge is 0.478 e. The molecule has 0 spiro atoms. The molecule has 3 aromatic rings. The maximum atomic E-state index is 10.9. The Bertz CT molecular complexity index is 747. The molecule has 0 bridgehead atoms. The van der Waals surface area contributed by atoms with Crippen LogP contribution in [0.5, 0.6) is 5.88 Å². The Kier molecular flexibility index (Phi) is 3.13. The standard InChI is InChI=1S/C16H13NO3/c18-16(19)12-6-7-14-13(8-12)9-15(17-14)20-10-11-4-2-1-3-5-11/h1-9,17H,10H2,(H,18,19). The molecule has 0 aliphatic carbocycles. The second-order valence-corrected chi connectivity index (χ2v) is 4.52. The molecule has 0 saturated carbocycles. The summed E-state index contributed by atoms with van der Waals surface area (Å²) in [5.74, 6) is -0.300. The van der Waals surface area contributed by atoms with Crippen molar-refractivity contribution < 1.29 is 14.6 Å². The number of hydrogen-bond acceptors (Lipinski definition) is 2. The Labute approximate surface area is 115 Å². The number of nitrogens with one attached hydrogen (secondary N) is 1. The van der Waals surface area contributed by atoms with E-state index in [4.69, 9.17) is 9.84 Å². The van der Waals surface area contributed by atoms with Crippen molar-refractivity contribution in [3.63, 3.8) is 0 Å². The van der Waals surface area contributed by atoms with E-state index in [0.29, 0.717) is 12.5 Å². The molecule has 0 aliphatic heterocycles. The second kappa shape index (κ2) is 5.09. The first-order valence-corrected chi connectivity index (χ1v) is 6.25. The van der Waals surface area contributed by atoms with Gasteiger partial charge in [-0.05, 0) is 23.8 Å². The minimum atomic E-state index is -0.931. The van der Waals surface area contributed by atoms with Crippen LogP contribution < -0.4 is 4.74 Å². The number of aromatic carboxylic acids is 1. The predicted octanol–water partition coefficient (Wildman–Crippen LogP) is 3.45. The first-order valence-electron chi connectivity index (χ1n) is 6.25. The van der Waals surface area contributed by atoms with Crippen LogP contribution >= 0.6 is 0 Å². The van der Waals surface area contributed by atoms with E-state index < -0.39 is 5.97 Å². The maximum absolute atomic E-state index is 10.9. The van der Waals surface area contributed by atoms with Crippen molar-refractivity contribution >= 4 is 16.9 Å². The summed E-state index contributed by atoms with van der Waals surface area (Å²) in [6, 6.07) is 16.6. The van der Waals surface area contributed by atoms with Gasteiger partial charge in [0.25, 0.3) is 0 Å². The molecule has 0 atom stereocenters. The molecule has 2 aromatic carbocycles. The van der Waals surface area contributed by atoms with E-state index in [1.807, 2.05) is 36.4 Å². The second-order valence-electron chi connectivity index (χ2n) is 4.52. The number of carboxylic acid groups (broad SMARTS) is 1. The van der Waals surface area contributed by atoms with Gasteiger partial charge in [-0.3, -0.25) is 0 Å². The maximum Gasteiger partial charge on any atom is 0.335 e. The summed E-state index contributed by atoms with van der Waals surface area (Å²) in [6.45, 7) is 0.472. The number of aromatic nitrogens is 1. The van der Waals surface area contributed by atoms with Gasteiger partial charge >= 0.3 is 5.97 Å². The molecule has 1 aromatic heterocycles. The molecule has 1 heterocycles. The van der Waals surface area contributed by atoms with Gasteiger partial charge in [-0.1, -0.05) is 30.3 Å². The van der Waals surface area contributed by atoms with Crippen molar-refractivity contribution in [2.75, 3.05) is 0 Å². The van der Waals surface area contributed by atoms with Crippen LogP contribution in [0.15, 0.2) is 54.6 Å². The van der Waals surface area contributed by atoms with Crippen molar-refractivity contribution in [3.05, 3.63) is 65.7 Å². The fourth-order valence-corrected chi connectivity index (χ4v) is 2.05. The lowest BCUT2D eigenvalue weighted by Gasteiger charge is -2.02. The van der Waals surface area contributed by atoms with Gasteiger partial charge in [0.1, 0.15) is 6.61 Å². The third kappa shape index (κ3) is 2.49. The van der Waals surface area contributed by atoms with Crippen molar-refractivity contribution in [1.82, 2.24) is 4.98 Å². The minimum absolute atomic E-state index is 0.270. The molecule has 4 heteroatoms. The Balaban J connectivity index is 1.80. The molecular weight excluding hydrogens is 254 g/mol. The number of H-pyrrole nitrogens is 1. The van der Waals surface area contributed by atoms with Crippen LogP contribution in [0.4, 0.5) is 0 Å². The highest BCUT2D eigenvalue weighted by Crippen LogP contribution is 2.22. The van der Waals surface area contributed by atoms with E-state index >= 15 is 0 Å². The lowest BCUT2D eigenvalue weighted by Crippen LogP contribution is -1.94. The van der Waals surface area contributed by atoms with Crippen LogP contribution in [-0.4, -0.2) is 16.1 Å². The predicted molar refractivity (Wildman–Crippen MR) is 76.0 cm³/mol. The minimum Gasteiger partial charge on any atom is -0.478 e. The summed E-state index contributed by atoms with van der Waals surface area (Å²) in [5, 5.41) is 9.79. The normalized spacial score (nSPS) is 10.6. The van der Waals surface area contributed by atoms with Crippen LogP contribution in [0.1, 0.15) is 15.9 Å². The number of carbonyl (C=O) groups is 1. The number of ether oxygens (including phenoxy) is 1. The van der Waals surface area contributed by atoms with E-state index in [1.165, 1.54) is 0 Å². The highest BCUT2D eigenvalue weighted by molar-refractivity contribution is 5.93. The third-order valence-corrected chi connectivity index (χ3v) is 3.08. The van der Waals surface area contributed by atoms with Crippen LogP contribution in [0.2, 0.25) is 0 Å². The SMILES string of the molecule is O=C(O)c1ccc2[nH]c(OCc3ccccc3)cc2c1. The molecule has 100 valence electrons. The van der Waals surface area contributed by atoms with E-state index in [9.17, 15) is 4.79 Å². The molecule has 4 nitrogen and oxygen atoms in total. The van der Waals surface area contributed by atoms with Gasteiger partial charge in [0.05, 0.1) is 5.56 Å². The molecule has 0 radical (unpaired) electrons. The quantitative estimate of drug-likeness (QED) is 0.761. The summed E-state index contributed by atoms with van der Waals surface area (Å²) in [5.41, 5.74) is 2.21. The topological polar surface area (TPSA) is 62.3 Å². The highest BCUT2D eigenvalue weighted by atomic mass is 16.5. The average molecular weight is 267 g/mol. The molecule has 3 rings (SSSR count). The Morgan fingerprint density at radius 2 is 1.90 bits per heavy atom. The van der Waals surface area contributed by atoms with Gasteiger partial charge in [0, 0.05) is 17.0 Å². The summed E-state index contributed by atoms with van der Waals surface area (Å²) in [7, 11) is 0. The molecule has 0 aliphatic rings. The summed E-state index contributed by atoms with van der Waals surface area (Å²) >= 11 is 0. The lowest BCUT2D eigenvalue weighted by molar-refractivity contribution is 0.0697. The van der Waals surface area contributed by atoms with Gasteiger partial charge in [-0.2, -0.15) is 0 Å². The fraction of sp³-hybridized carbons (Fsp3) is 0.0625. The zero-order valence-electron chi connectivity index (χ0n) is 10.7. The Hall–Kier alpha value is -2.75. The van der Waals surface area contributed by atoms with Crippen LogP contribution in [0.25, 0.3) is 10.9 Å². The molecular formula is C16H13NO3. The van der Waals surface area contributed by atoms with Gasteiger partial charge in [-0.25, -0.2) is 4.79 Å². The van der Waals surface area contributed by atoms with E-state index in [1.54, 1.807) is 18.2 Å². The average Bonchev–Trinajstić information content (AvgIpc) is 2.88. The summed E-state index contributed by atoms with van der Waals surface area (Å²) < 4.78 is 5.67. The molecule has 20 heavy (non-hydrogen) atoms. The van der Waals surface area contributed by atoms with Crippen molar-refractivity contribution in [2.24, 2.45) is 0 Å². The van der Waals surface area contributed by atoms with Crippen LogP contribution in [0.3, 0.4) is 0 Å². The Morgan fingerprint density at radius 1 is 1.10 bits per heavy atom. The highest BCUT2D eigenvalue weighted by Gasteiger charge is 2.06. The van der Waals surface area contributed by atoms with E-state index in [2.05, 4.69) is 4.98 Å². The molecule has 0 fully saturated rings. The van der Waals surface area contributed by atoms with Gasteiger partial charge in [-0.15, -0.1) is 0 Å². The number of fused-ring (bicyclic) bond motifs is 1. The molecule has 0 saturated heterocycles. The monoisotopic (exact) mass is 267 g/mol. The molecule has 0 unspecified atom stereocenters. The number of carboxylic acids is 1. The number of rotatable bonds is 4. The third-order valence-electron chi connectivity index (χ3n) is 3.08. The van der Waals surface area contributed by atoms with E-state index in [0.717, 1.165) is 16.5 Å². The lowest BCUT2D eigenvalue weighted by atomic mass is 10.1. The summed E-state index contributed by atoms with van der Waals surface area (Å²) in [6.07, 6.45) is 0. The van der Waals surface area contributed by atoms with Crippen LogP contribution in [-0.2, 0) is 6.61 Å². The van der Waals surface area contributed by atoms with Gasteiger partial charge in [0.15, 0.2) is 5.88 Å². The number of benzene rings is 2. The smallest absolute Gasteiger partial charge is 0.335 e. The first kappa shape index (κ1) is 12.3. The molecule has 2 N–H and O–H groups in total. The zero-order valence-corrected chi connectivity index (χ0v) is 10.7. The van der Waals surface area contributed by atoms with Crippen molar-refractivity contribution in [2.45, 2.75) is 6.61 Å². The molecule has 0 amide bonds. The van der Waals surface area contributed by atoms with E-state index in [-0.39, 0.29) is 5.56 Å². The van der Waals surface area contributed by atoms with Crippen molar-refractivity contribution in [1.29, 1.82) is 0 Å². The number of hydrogen-bond donors (Lipinski definition) is 2. The van der Waals surface area contributed by atoms with Crippen LogP contribution in [0, 0.1) is 0 Å². The van der Waals surface area contributed by atoms with Gasteiger partial charge in [0.2, 0.25) is 0 Å². The van der Waals surface area contributed by atoms with Crippen molar-refractivity contribution in [3.8, 4) is 5.88 Å². The first-order chi connectivity index (χ1) is 9.72. The Morgan fingerprint density at radius 3 is 2.65 bits per heavy atom. The zero-order chi connectivity index (χ0) is 13.9. The summed E-state index contributed by atoms with van der Waals surface area (Å²) in [4.78, 5) is 14.0.